The van der Waals surface area contributed by atoms with Crippen LogP contribution in [0.5, 0.6) is 0 Å². The molecule has 13 nitrogen and oxygen atoms in total. The maximum atomic E-state index is 12.7. The number of anilines is 2. The van der Waals surface area contributed by atoms with Crippen molar-refractivity contribution >= 4 is 70.9 Å². The first-order chi connectivity index (χ1) is 26.3. The molecule has 0 spiro atoms. The fraction of sp³-hybridized carbons (Fsp3) is 0.350. The Morgan fingerprint density at radius 2 is 1.23 bits per heavy atom. The number of benzene rings is 2. The van der Waals surface area contributed by atoms with Crippen molar-refractivity contribution in [2.45, 2.75) is 51.9 Å². The number of likely N-dealkylation sites (N-methyl/N-ethyl adjacent to an activating group) is 2. The second-order valence-corrected chi connectivity index (χ2v) is 14.1. The summed E-state index contributed by atoms with van der Waals surface area (Å²) in [5, 5.41) is 19.7. The van der Waals surface area contributed by atoms with Crippen LogP contribution in [0, 0.1) is 0 Å². The number of nitrogens with one attached hydrogen (secondary N) is 3. The predicted molar refractivity (Wildman–Crippen MR) is 223 cm³/mol. The first kappa shape index (κ1) is 45.4. The van der Waals surface area contributed by atoms with Crippen molar-refractivity contribution in [2.75, 3.05) is 50.9 Å². The summed E-state index contributed by atoms with van der Waals surface area (Å²) in [6.45, 7) is 7.60. The summed E-state index contributed by atoms with van der Waals surface area (Å²) in [6.07, 6.45) is 4.81. The largest absolute Gasteiger partial charge is 0.478 e. The molecule has 2 saturated heterocycles. The summed E-state index contributed by atoms with van der Waals surface area (Å²) in [6, 6.07) is 22.3. The van der Waals surface area contributed by atoms with E-state index in [4.69, 9.17) is 28.3 Å². The molecule has 16 heteroatoms. The number of carbonyl (C=O) groups is 4. The van der Waals surface area contributed by atoms with E-state index in [2.05, 4.69) is 25.9 Å². The molecule has 0 unspecified atom stereocenters. The number of aromatic carboxylic acids is 1. The van der Waals surface area contributed by atoms with Crippen LogP contribution in [-0.4, -0.2) is 106 Å². The van der Waals surface area contributed by atoms with Crippen molar-refractivity contribution in [3.05, 3.63) is 117 Å². The molecule has 3 amide bonds. The summed E-state index contributed by atoms with van der Waals surface area (Å²) < 4.78 is 0. The molecule has 4 N–H and O–H groups in total. The number of likely N-dealkylation sites (tertiary alicyclic amines) is 1. The van der Waals surface area contributed by atoms with Gasteiger partial charge in [0, 0.05) is 89.1 Å². The van der Waals surface area contributed by atoms with Crippen molar-refractivity contribution < 1.29 is 24.3 Å². The van der Waals surface area contributed by atoms with Crippen molar-refractivity contribution in [3.63, 3.8) is 0 Å². The van der Waals surface area contributed by atoms with Gasteiger partial charge < -0.3 is 35.8 Å². The number of nitrogens with zero attached hydrogens (tertiary/aromatic N) is 5. The van der Waals surface area contributed by atoms with Gasteiger partial charge in [0.2, 0.25) is 11.8 Å². The number of carbonyl (C=O) groups excluding carboxylic acids is 3. The van der Waals surface area contributed by atoms with Crippen molar-refractivity contribution in [2.24, 2.45) is 0 Å². The average molecular weight is 828 g/mol. The summed E-state index contributed by atoms with van der Waals surface area (Å²) in [7, 11) is 3.64. The minimum atomic E-state index is -0.980. The molecule has 2 aliphatic rings. The second-order valence-electron chi connectivity index (χ2n) is 13.2. The van der Waals surface area contributed by atoms with E-state index in [0.717, 1.165) is 37.1 Å². The molecule has 2 aromatic carbocycles. The lowest BCUT2D eigenvalue weighted by Gasteiger charge is -2.23. The molecular weight excluding hydrogens is 779 g/mol. The minimum absolute atomic E-state index is 0. The third-order valence-corrected chi connectivity index (χ3v) is 9.87. The van der Waals surface area contributed by atoms with Crippen molar-refractivity contribution in [3.8, 4) is 0 Å². The van der Waals surface area contributed by atoms with E-state index in [1.807, 2.05) is 55.6 Å². The highest BCUT2D eigenvalue weighted by Crippen LogP contribution is 2.19. The summed E-state index contributed by atoms with van der Waals surface area (Å²) in [4.78, 5) is 59.3. The highest BCUT2D eigenvalue weighted by atomic mass is 35.5. The van der Waals surface area contributed by atoms with Crippen LogP contribution in [0.3, 0.4) is 0 Å². The summed E-state index contributed by atoms with van der Waals surface area (Å²) >= 11 is 11.7. The van der Waals surface area contributed by atoms with E-state index in [0.29, 0.717) is 59.5 Å². The average Bonchev–Trinajstić information content (AvgIpc) is 3.91. The lowest BCUT2D eigenvalue weighted by molar-refractivity contribution is -0.130. The van der Waals surface area contributed by atoms with Gasteiger partial charge in [-0.05, 0) is 79.0 Å². The number of hydrogen-bond donors (Lipinski definition) is 4. The molecule has 0 aliphatic carbocycles. The zero-order chi connectivity index (χ0) is 39.9. The number of halogens is 3. The summed E-state index contributed by atoms with van der Waals surface area (Å²) in [5.41, 5.74) is 2.90. The van der Waals surface area contributed by atoms with Gasteiger partial charge in [0.25, 0.3) is 5.91 Å². The Balaban J connectivity index is 0.000000249. The zero-order valence-corrected chi connectivity index (χ0v) is 34.2. The van der Waals surface area contributed by atoms with Crippen LogP contribution in [0.15, 0.2) is 85.2 Å². The molecule has 2 aliphatic heterocycles. The van der Waals surface area contributed by atoms with Gasteiger partial charge in [0.1, 0.15) is 11.6 Å². The SMILES string of the molecule is CC(=O)N(C)[C@H]1CCN(C(=O)c2ccc(NCc3ccc(Cl)cc3)nc2)C1.CC(=O)N(C)[C@H]1CCNC1.Cl.O=C(O)c1ccc(NCc2ccc(Cl)cc2)nc1. The third kappa shape index (κ3) is 14.3. The number of carboxylic acids is 1. The van der Waals surface area contributed by atoms with Crippen LogP contribution in [0.25, 0.3) is 0 Å². The normalized spacial score (nSPS) is 15.5. The molecule has 2 atom stereocenters. The molecule has 2 fully saturated rings. The molecule has 4 heterocycles. The van der Waals surface area contributed by atoms with Gasteiger partial charge in [0.05, 0.1) is 17.2 Å². The van der Waals surface area contributed by atoms with Crippen LogP contribution < -0.4 is 16.0 Å². The Bertz CT molecular complexity index is 1860. The molecular formula is C40H49Cl3N8O5. The fourth-order valence-electron chi connectivity index (χ4n) is 5.75. The highest BCUT2D eigenvalue weighted by molar-refractivity contribution is 6.30. The first-order valence-electron chi connectivity index (χ1n) is 17.9. The van der Waals surface area contributed by atoms with Gasteiger partial charge in [-0.15, -0.1) is 12.4 Å². The van der Waals surface area contributed by atoms with E-state index in [-0.39, 0.29) is 41.7 Å². The molecule has 300 valence electrons. The van der Waals surface area contributed by atoms with Crippen LogP contribution in [0.1, 0.15) is 58.5 Å². The first-order valence-corrected chi connectivity index (χ1v) is 18.6. The number of aromatic nitrogens is 2. The lowest BCUT2D eigenvalue weighted by atomic mass is 10.2. The maximum Gasteiger partial charge on any atom is 0.337 e. The second kappa shape index (κ2) is 22.6. The van der Waals surface area contributed by atoms with Crippen LogP contribution >= 0.6 is 35.6 Å². The van der Waals surface area contributed by atoms with Gasteiger partial charge in [-0.3, -0.25) is 14.4 Å². The number of hydrogen-bond acceptors (Lipinski definition) is 9. The molecule has 56 heavy (non-hydrogen) atoms. The van der Waals surface area contributed by atoms with Crippen molar-refractivity contribution in [1.82, 2.24) is 30.0 Å². The van der Waals surface area contributed by atoms with Crippen LogP contribution in [-0.2, 0) is 22.7 Å². The Morgan fingerprint density at radius 3 is 1.64 bits per heavy atom. The smallest absolute Gasteiger partial charge is 0.337 e. The fourth-order valence-corrected chi connectivity index (χ4v) is 6.00. The minimum Gasteiger partial charge on any atom is -0.478 e. The van der Waals surface area contributed by atoms with Crippen molar-refractivity contribution in [1.29, 1.82) is 0 Å². The number of rotatable bonds is 10. The quantitative estimate of drug-likeness (QED) is 0.142. The summed E-state index contributed by atoms with van der Waals surface area (Å²) in [5.74, 6) is 0.491. The number of pyridine rings is 2. The monoisotopic (exact) mass is 826 g/mol. The number of amides is 3. The lowest BCUT2D eigenvalue weighted by Crippen LogP contribution is -2.38. The Hall–Kier alpha value is -4.95. The molecule has 0 saturated carbocycles. The highest BCUT2D eigenvalue weighted by Gasteiger charge is 2.30. The zero-order valence-electron chi connectivity index (χ0n) is 31.9. The van der Waals surface area contributed by atoms with E-state index < -0.39 is 5.97 Å². The van der Waals surface area contributed by atoms with E-state index in [1.54, 1.807) is 60.0 Å². The van der Waals surface area contributed by atoms with Crippen LogP contribution in [0.4, 0.5) is 11.6 Å². The van der Waals surface area contributed by atoms with E-state index >= 15 is 0 Å². The van der Waals surface area contributed by atoms with Gasteiger partial charge in [-0.2, -0.15) is 0 Å². The van der Waals surface area contributed by atoms with Gasteiger partial charge >= 0.3 is 5.97 Å². The standard InChI is InChI=1S/C20H23ClN4O2.C13H11ClN2O2.C7H14N2O.ClH/c1-14(26)24(2)18-9-10-25(13-18)20(27)16-5-8-19(23-12-16)22-11-15-3-6-17(21)7-4-15;14-11-4-1-9(2-5-11)7-15-12-6-3-10(8-16-12)13(17)18;1-6(10)9(2)7-3-4-8-5-7;/h3-8,12,18H,9-11,13H2,1-2H3,(H,22,23);1-6,8H,7H2,(H,15,16)(H,17,18);7-8H,3-5H2,1-2H3;1H/t18-;;7-;/m0.0./s1. The van der Waals surface area contributed by atoms with E-state index in [9.17, 15) is 19.2 Å². The number of carboxylic acid groups (broad SMARTS) is 1. The maximum absolute atomic E-state index is 12.7. The molecule has 2 aromatic heterocycles. The van der Waals surface area contributed by atoms with Gasteiger partial charge in [0.15, 0.2) is 0 Å². The third-order valence-electron chi connectivity index (χ3n) is 9.37. The Kier molecular flexibility index (Phi) is 18.3. The van der Waals surface area contributed by atoms with Gasteiger partial charge in [-0.25, -0.2) is 14.8 Å². The van der Waals surface area contributed by atoms with Crippen LogP contribution in [0.2, 0.25) is 10.0 Å². The van der Waals surface area contributed by atoms with Gasteiger partial charge in [-0.1, -0.05) is 47.5 Å². The molecule has 0 bridgehead atoms. The van der Waals surface area contributed by atoms with E-state index in [1.165, 1.54) is 12.3 Å². The predicted octanol–water partition coefficient (Wildman–Crippen LogP) is 6.33. The molecule has 6 rings (SSSR count). The Morgan fingerprint density at radius 1 is 0.750 bits per heavy atom. The topological polar surface area (TPSA) is 160 Å². The molecule has 4 aromatic rings. The Labute approximate surface area is 344 Å². The molecule has 0 radical (unpaired) electrons.